The van der Waals surface area contributed by atoms with Gasteiger partial charge in [0, 0.05) is 13.1 Å². The quantitative estimate of drug-likeness (QED) is 0.842. The van der Waals surface area contributed by atoms with Crippen LogP contribution < -0.4 is 5.73 Å². The predicted molar refractivity (Wildman–Crippen MR) is 67.2 cm³/mol. The van der Waals surface area contributed by atoms with Crippen LogP contribution in [-0.2, 0) is 0 Å². The molecule has 0 aliphatic rings. The molecule has 1 atom stereocenters. The normalized spacial score (nSPS) is 12.3. The van der Waals surface area contributed by atoms with Crippen LogP contribution in [0.2, 0.25) is 0 Å². The molecule has 1 aromatic rings. The van der Waals surface area contributed by atoms with E-state index >= 15 is 0 Å². The third kappa shape index (κ3) is 2.78. The van der Waals surface area contributed by atoms with Crippen LogP contribution in [0, 0.1) is 11.6 Å². The Morgan fingerprint density at radius 3 is 2.61 bits per heavy atom. The number of benzene rings is 1. The first-order chi connectivity index (χ1) is 8.40. The Bertz CT molecular complexity index is 449. The van der Waals surface area contributed by atoms with Crippen LogP contribution >= 0.6 is 0 Å². The molecule has 0 saturated carbocycles. The lowest BCUT2D eigenvalue weighted by Crippen LogP contribution is -2.36. The molecule has 100 valence electrons. The average molecular weight is 256 g/mol. The van der Waals surface area contributed by atoms with Gasteiger partial charge in [-0.25, -0.2) is 8.78 Å². The highest BCUT2D eigenvalue weighted by molar-refractivity contribution is 5.95. The molecule has 2 N–H and O–H groups in total. The molecule has 0 bridgehead atoms. The minimum atomic E-state index is -0.990. The molecular formula is C13H18F2N2O. The van der Waals surface area contributed by atoms with Crippen molar-refractivity contribution < 1.29 is 13.6 Å². The molecular weight excluding hydrogens is 238 g/mol. The van der Waals surface area contributed by atoms with Gasteiger partial charge in [-0.3, -0.25) is 4.79 Å². The summed E-state index contributed by atoms with van der Waals surface area (Å²) < 4.78 is 27.3. The number of nitrogen functional groups attached to an aromatic ring is 1. The first-order valence-electron chi connectivity index (χ1n) is 5.90. The van der Waals surface area contributed by atoms with Crippen LogP contribution in [0.25, 0.3) is 0 Å². The minimum Gasteiger partial charge on any atom is -0.396 e. The van der Waals surface area contributed by atoms with E-state index in [1.807, 2.05) is 13.8 Å². The molecule has 5 heteroatoms. The number of hydrogen-bond donors (Lipinski definition) is 1. The Morgan fingerprint density at radius 1 is 1.44 bits per heavy atom. The smallest absolute Gasteiger partial charge is 0.259 e. The van der Waals surface area contributed by atoms with Crippen molar-refractivity contribution >= 4 is 11.6 Å². The SMILES string of the molecule is CCCC(C)N(C)C(=O)c1c(F)ccc(N)c1F. The lowest BCUT2D eigenvalue weighted by Gasteiger charge is -2.25. The number of halogens is 2. The summed E-state index contributed by atoms with van der Waals surface area (Å²) in [4.78, 5) is 13.4. The third-order valence-corrected chi connectivity index (χ3v) is 3.02. The van der Waals surface area contributed by atoms with Crippen molar-refractivity contribution in [3.05, 3.63) is 29.3 Å². The molecule has 0 saturated heterocycles. The summed E-state index contributed by atoms with van der Waals surface area (Å²) in [7, 11) is 1.53. The Morgan fingerprint density at radius 2 is 2.06 bits per heavy atom. The number of nitrogens with two attached hydrogens (primary N) is 1. The van der Waals surface area contributed by atoms with E-state index in [1.165, 1.54) is 11.9 Å². The molecule has 0 spiro atoms. The lowest BCUT2D eigenvalue weighted by molar-refractivity contribution is 0.0727. The third-order valence-electron chi connectivity index (χ3n) is 3.02. The van der Waals surface area contributed by atoms with Gasteiger partial charge in [-0.15, -0.1) is 0 Å². The van der Waals surface area contributed by atoms with Gasteiger partial charge in [0.05, 0.1) is 5.69 Å². The van der Waals surface area contributed by atoms with Gasteiger partial charge in [0.25, 0.3) is 5.91 Å². The number of anilines is 1. The zero-order valence-corrected chi connectivity index (χ0v) is 10.8. The van der Waals surface area contributed by atoms with Gasteiger partial charge in [0.15, 0.2) is 5.82 Å². The second-order valence-corrected chi connectivity index (χ2v) is 4.38. The zero-order valence-electron chi connectivity index (χ0n) is 10.8. The molecule has 0 fully saturated rings. The van der Waals surface area contributed by atoms with Gasteiger partial charge in [-0.2, -0.15) is 0 Å². The van der Waals surface area contributed by atoms with E-state index in [2.05, 4.69) is 0 Å². The molecule has 1 unspecified atom stereocenters. The van der Waals surface area contributed by atoms with Crippen LogP contribution in [0.1, 0.15) is 37.0 Å². The van der Waals surface area contributed by atoms with E-state index in [-0.39, 0.29) is 11.7 Å². The molecule has 0 aromatic heterocycles. The maximum Gasteiger partial charge on any atom is 0.259 e. The molecule has 0 aliphatic carbocycles. The van der Waals surface area contributed by atoms with E-state index in [0.717, 1.165) is 25.0 Å². The Hall–Kier alpha value is -1.65. The average Bonchev–Trinajstić information content (AvgIpc) is 2.33. The summed E-state index contributed by atoms with van der Waals surface area (Å²) in [6.45, 7) is 3.82. The topological polar surface area (TPSA) is 46.3 Å². The van der Waals surface area contributed by atoms with Crippen molar-refractivity contribution in [2.75, 3.05) is 12.8 Å². The van der Waals surface area contributed by atoms with Gasteiger partial charge in [-0.05, 0) is 25.5 Å². The Labute approximate surface area is 106 Å². The van der Waals surface area contributed by atoms with Gasteiger partial charge in [0.1, 0.15) is 11.4 Å². The summed E-state index contributed by atoms with van der Waals surface area (Å²) in [5.41, 5.74) is 4.54. The fraction of sp³-hybridized carbons (Fsp3) is 0.462. The van der Waals surface area contributed by atoms with Gasteiger partial charge < -0.3 is 10.6 Å². The fourth-order valence-corrected chi connectivity index (χ4v) is 1.75. The van der Waals surface area contributed by atoms with Crippen molar-refractivity contribution in [1.82, 2.24) is 4.90 Å². The lowest BCUT2D eigenvalue weighted by atomic mass is 10.1. The number of nitrogens with zero attached hydrogens (tertiary/aromatic N) is 1. The maximum absolute atomic E-state index is 13.7. The number of carbonyl (C=O) groups is 1. The van der Waals surface area contributed by atoms with Gasteiger partial charge in [0.2, 0.25) is 0 Å². The highest BCUT2D eigenvalue weighted by Gasteiger charge is 2.24. The Kier molecular flexibility index (Phi) is 4.64. The van der Waals surface area contributed by atoms with Crippen molar-refractivity contribution in [2.24, 2.45) is 0 Å². The van der Waals surface area contributed by atoms with E-state index in [0.29, 0.717) is 0 Å². The molecule has 18 heavy (non-hydrogen) atoms. The number of carbonyl (C=O) groups excluding carboxylic acids is 1. The van der Waals surface area contributed by atoms with Gasteiger partial charge in [-0.1, -0.05) is 13.3 Å². The highest BCUT2D eigenvalue weighted by atomic mass is 19.1. The van der Waals surface area contributed by atoms with Gasteiger partial charge >= 0.3 is 0 Å². The van der Waals surface area contributed by atoms with E-state index in [4.69, 9.17) is 5.73 Å². The number of hydrogen-bond acceptors (Lipinski definition) is 2. The van der Waals surface area contributed by atoms with Crippen LogP contribution in [0.4, 0.5) is 14.5 Å². The summed E-state index contributed by atoms with van der Waals surface area (Å²) >= 11 is 0. The number of rotatable bonds is 4. The molecule has 3 nitrogen and oxygen atoms in total. The predicted octanol–water partition coefficient (Wildman–Crippen LogP) is 2.81. The second-order valence-electron chi connectivity index (χ2n) is 4.38. The van der Waals surface area contributed by atoms with Crippen molar-refractivity contribution in [1.29, 1.82) is 0 Å². The minimum absolute atomic E-state index is 0.0808. The summed E-state index contributed by atoms with van der Waals surface area (Å²) in [5, 5.41) is 0. The van der Waals surface area contributed by atoms with Crippen molar-refractivity contribution in [3.8, 4) is 0 Å². The second kappa shape index (κ2) is 5.80. The van der Waals surface area contributed by atoms with Crippen LogP contribution in [0.3, 0.4) is 0 Å². The van der Waals surface area contributed by atoms with E-state index in [9.17, 15) is 13.6 Å². The summed E-state index contributed by atoms with van der Waals surface area (Å²) in [6.07, 6.45) is 1.66. The molecule has 1 aromatic carbocycles. The first kappa shape index (κ1) is 14.4. The fourth-order valence-electron chi connectivity index (χ4n) is 1.75. The van der Waals surface area contributed by atoms with Crippen molar-refractivity contribution in [2.45, 2.75) is 32.7 Å². The highest BCUT2D eigenvalue weighted by Crippen LogP contribution is 2.21. The Balaban J connectivity index is 3.07. The summed E-state index contributed by atoms with van der Waals surface area (Å²) in [5.74, 6) is -2.56. The molecule has 1 amide bonds. The van der Waals surface area contributed by atoms with Crippen LogP contribution in [0.15, 0.2) is 12.1 Å². The molecule has 0 aliphatic heterocycles. The number of amides is 1. The molecule has 0 radical (unpaired) electrons. The van der Waals surface area contributed by atoms with Crippen molar-refractivity contribution in [3.63, 3.8) is 0 Å². The largest absolute Gasteiger partial charge is 0.396 e. The molecule has 0 heterocycles. The maximum atomic E-state index is 13.7. The van der Waals surface area contributed by atoms with Crippen LogP contribution in [0.5, 0.6) is 0 Å². The monoisotopic (exact) mass is 256 g/mol. The zero-order chi connectivity index (χ0) is 13.9. The van der Waals surface area contributed by atoms with Crippen LogP contribution in [-0.4, -0.2) is 23.9 Å². The van der Waals surface area contributed by atoms with E-state index in [1.54, 1.807) is 0 Å². The standard InChI is InChI=1S/C13H18F2N2O/c1-4-5-8(2)17(3)13(18)11-9(14)6-7-10(16)12(11)15/h6-8H,4-5,16H2,1-3H3. The van der Waals surface area contributed by atoms with E-state index < -0.39 is 23.1 Å². The molecule has 1 rings (SSSR count). The first-order valence-corrected chi connectivity index (χ1v) is 5.90. The summed E-state index contributed by atoms with van der Waals surface area (Å²) in [6, 6.07) is 2.03.